The molecule has 0 aromatic carbocycles. The van der Waals surface area contributed by atoms with Crippen molar-refractivity contribution in [1.82, 2.24) is 9.88 Å². The number of fused-ring (bicyclic) bond motifs is 2. The van der Waals surface area contributed by atoms with Crippen molar-refractivity contribution in [2.24, 2.45) is 16.8 Å². The van der Waals surface area contributed by atoms with Crippen molar-refractivity contribution in [1.29, 1.82) is 5.41 Å². The van der Waals surface area contributed by atoms with E-state index in [1.54, 1.807) is 0 Å². The fourth-order valence-electron chi connectivity index (χ4n) is 5.75. The van der Waals surface area contributed by atoms with Gasteiger partial charge in [0.25, 0.3) is 0 Å². The standard InChI is InChI=1S/C26H31Cl2F3N4O3/c1-15-2-4-16(5-3-15)34-23(26(29,30)31)18(10-32)24(37)35(14-25-8-6-17(38-25)7-9-25)13-21(36)22-19(27)11-33-12-20(22)28/h10-12,15-18,32H,2-9,13-14H2,1H3. The summed E-state index contributed by atoms with van der Waals surface area (Å²) in [5, 5.41) is 7.77. The number of pyridine rings is 1. The highest BCUT2D eigenvalue weighted by Gasteiger charge is 2.50. The van der Waals surface area contributed by atoms with E-state index in [9.17, 15) is 22.8 Å². The van der Waals surface area contributed by atoms with E-state index in [4.69, 9.17) is 33.3 Å². The number of carbonyl (C=O) groups excluding carboxylic acids is 2. The second-order valence-electron chi connectivity index (χ2n) is 10.7. The monoisotopic (exact) mass is 574 g/mol. The highest BCUT2D eigenvalue weighted by Crippen LogP contribution is 2.44. The number of ketones is 1. The van der Waals surface area contributed by atoms with Gasteiger partial charge >= 0.3 is 6.18 Å². The summed E-state index contributed by atoms with van der Waals surface area (Å²) in [5.41, 5.74) is -2.11. The molecule has 38 heavy (non-hydrogen) atoms. The molecule has 0 spiro atoms. The van der Waals surface area contributed by atoms with Gasteiger partial charge in [0, 0.05) is 18.6 Å². The smallest absolute Gasteiger partial charge is 0.370 e. The Morgan fingerprint density at radius 1 is 1.18 bits per heavy atom. The number of rotatable bonds is 9. The molecule has 1 aromatic rings. The van der Waals surface area contributed by atoms with E-state index in [1.165, 1.54) is 12.4 Å². The number of nitrogens with one attached hydrogen (secondary N) is 1. The first-order chi connectivity index (χ1) is 17.9. The molecule has 2 saturated heterocycles. The summed E-state index contributed by atoms with van der Waals surface area (Å²) >= 11 is 12.3. The van der Waals surface area contributed by atoms with Crippen LogP contribution in [0.2, 0.25) is 10.0 Å². The Balaban J connectivity index is 1.66. The van der Waals surface area contributed by atoms with Crippen LogP contribution in [0.25, 0.3) is 0 Å². The summed E-state index contributed by atoms with van der Waals surface area (Å²) in [5.74, 6) is -3.25. The van der Waals surface area contributed by atoms with E-state index in [0.29, 0.717) is 37.8 Å². The summed E-state index contributed by atoms with van der Waals surface area (Å²) in [4.78, 5) is 35.9. The van der Waals surface area contributed by atoms with Crippen LogP contribution >= 0.6 is 23.2 Å². The van der Waals surface area contributed by atoms with Crippen molar-refractivity contribution in [3.63, 3.8) is 0 Å². The summed E-state index contributed by atoms with van der Waals surface area (Å²) in [6, 6.07) is -0.574. The summed E-state index contributed by atoms with van der Waals surface area (Å²) in [7, 11) is 0. The molecule has 2 bridgehead atoms. The second-order valence-corrected chi connectivity index (χ2v) is 11.5. The number of alkyl halides is 3. The molecule has 1 atom stereocenters. The molecule has 208 valence electrons. The molecule has 3 heterocycles. The predicted octanol–water partition coefficient (Wildman–Crippen LogP) is 5.96. The van der Waals surface area contributed by atoms with Crippen molar-refractivity contribution >= 4 is 46.8 Å². The first-order valence-electron chi connectivity index (χ1n) is 12.9. The van der Waals surface area contributed by atoms with Gasteiger partial charge in [-0.15, -0.1) is 0 Å². The molecule has 3 fully saturated rings. The molecular formula is C26H31Cl2F3N4O3. The molecule has 4 rings (SSSR count). The zero-order valence-corrected chi connectivity index (χ0v) is 22.6. The third-order valence-electron chi connectivity index (χ3n) is 7.84. The van der Waals surface area contributed by atoms with E-state index in [-0.39, 0.29) is 28.3 Å². The van der Waals surface area contributed by atoms with Crippen LogP contribution in [0.1, 0.15) is 68.6 Å². The number of Topliss-reactive ketones (excluding diaryl/α,β-unsaturated/α-hetero) is 1. The van der Waals surface area contributed by atoms with Gasteiger partial charge in [-0.05, 0) is 57.3 Å². The lowest BCUT2D eigenvalue weighted by Crippen LogP contribution is -2.51. The lowest BCUT2D eigenvalue weighted by molar-refractivity contribution is -0.136. The molecule has 1 aromatic heterocycles. The van der Waals surface area contributed by atoms with Crippen LogP contribution in [-0.2, 0) is 9.53 Å². The van der Waals surface area contributed by atoms with Crippen molar-refractivity contribution in [3.8, 4) is 0 Å². The maximum absolute atomic E-state index is 14.3. The second kappa shape index (κ2) is 11.6. The maximum Gasteiger partial charge on any atom is 0.430 e. The van der Waals surface area contributed by atoms with Crippen molar-refractivity contribution in [3.05, 3.63) is 28.0 Å². The van der Waals surface area contributed by atoms with E-state index >= 15 is 0 Å². The maximum atomic E-state index is 14.3. The molecule has 2 aliphatic heterocycles. The fraction of sp³-hybridized carbons (Fsp3) is 0.654. The largest absolute Gasteiger partial charge is 0.430 e. The number of hydrogen-bond acceptors (Lipinski definition) is 6. The zero-order chi connectivity index (χ0) is 27.7. The topological polar surface area (TPSA) is 95.7 Å². The van der Waals surface area contributed by atoms with Crippen LogP contribution in [0, 0.1) is 17.2 Å². The third kappa shape index (κ3) is 6.39. The molecular weight excluding hydrogens is 544 g/mol. The van der Waals surface area contributed by atoms with Gasteiger partial charge in [0.1, 0.15) is 11.6 Å². The molecule has 12 heteroatoms. The Bertz CT molecular complexity index is 1080. The molecule has 1 saturated carbocycles. The van der Waals surface area contributed by atoms with Gasteiger partial charge < -0.3 is 15.0 Å². The summed E-state index contributed by atoms with van der Waals surface area (Å²) < 4.78 is 48.9. The van der Waals surface area contributed by atoms with Crippen LogP contribution < -0.4 is 0 Å². The molecule has 1 amide bonds. The SMILES string of the molecule is CC1CCC(N=C(C(C=N)C(=O)N(CC(=O)c2c(Cl)cncc2Cl)CC23CCC(CC2)O3)C(F)(F)F)CC1. The first kappa shape index (κ1) is 29.0. The third-order valence-corrected chi connectivity index (χ3v) is 8.42. The van der Waals surface area contributed by atoms with E-state index in [1.807, 2.05) is 6.92 Å². The van der Waals surface area contributed by atoms with Crippen LogP contribution in [-0.4, -0.2) is 70.5 Å². The van der Waals surface area contributed by atoms with Crippen molar-refractivity contribution in [2.45, 2.75) is 82.2 Å². The zero-order valence-electron chi connectivity index (χ0n) is 21.1. The minimum Gasteiger partial charge on any atom is -0.370 e. The Hall–Kier alpha value is -2.04. The van der Waals surface area contributed by atoms with Gasteiger partial charge in [-0.1, -0.05) is 30.1 Å². The van der Waals surface area contributed by atoms with Crippen molar-refractivity contribution < 1.29 is 27.5 Å². The van der Waals surface area contributed by atoms with E-state index in [2.05, 4.69) is 9.98 Å². The fourth-order valence-corrected chi connectivity index (χ4v) is 6.33. The highest BCUT2D eigenvalue weighted by atomic mass is 35.5. The first-order valence-corrected chi connectivity index (χ1v) is 13.6. The highest BCUT2D eigenvalue weighted by molar-refractivity contribution is 6.39. The number of aliphatic imine (C=N–C) groups is 1. The quantitative estimate of drug-likeness (QED) is 0.291. The molecule has 0 radical (unpaired) electrons. The van der Waals surface area contributed by atoms with Crippen LogP contribution in [0.3, 0.4) is 0 Å². The average molecular weight is 575 g/mol. The summed E-state index contributed by atoms with van der Waals surface area (Å²) in [6.45, 7) is 1.39. The van der Waals surface area contributed by atoms with Gasteiger partial charge in [0.05, 0.1) is 46.4 Å². The molecule has 1 N–H and O–H groups in total. The van der Waals surface area contributed by atoms with E-state index in [0.717, 1.165) is 30.6 Å². The Kier molecular flexibility index (Phi) is 8.84. The molecule has 1 aliphatic carbocycles. The van der Waals surface area contributed by atoms with E-state index < -0.39 is 47.7 Å². The van der Waals surface area contributed by atoms with Gasteiger partial charge in [-0.25, -0.2) is 0 Å². The number of carbonyl (C=O) groups is 2. The van der Waals surface area contributed by atoms with Gasteiger partial charge in [0.15, 0.2) is 5.78 Å². The molecule has 3 aliphatic rings. The number of halogens is 5. The molecule has 7 nitrogen and oxygen atoms in total. The number of ether oxygens (including phenoxy) is 1. The lowest BCUT2D eigenvalue weighted by Gasteiger charge is -2.34. The Labute approximate surface area is 229 Å². The average Bonchev–Trinajstić information content (AvgIpc) is 3.45. The van der Waals surface area contributed by atoms with Gasteiger partial charge in [0.2, 0.25) is 5.91 Å². The predicted molar refractivity (Wildman–Crippen MR) is 138 cm³/mol. The lowest BCUT2D eigenvalue weighted by atomic mass is 9.87. The van der Waals surface area contributed by atoms with Gasteiger partial charge in [-0.2, -0.15) is 13.2 Å². The number of aromatic nitrogens is 1. The minimum absolute atomic E-state index is 0.0289. The number of hydrogen-bond donors (Lipinski definition) is 1. The van der Waals surface area contributed by atoms with Crippen molar-refractivity contribution in [2.75, 3.05) is 13.1 Å². The summed E-state index contributed by atoms with van der Waals surface area (Å²) in [6.07, 6.45) is 3.32. The Morgan fingerprint density at radius 2 is 1.79 bits per heavy atom. The molecule has 1 unspecified atom stereocenters. The number of nitrogens with zero attached hydrogens (tertiary/aromatic N) is 3. The van der Waals surface area contributed by atoms with Crippen LogP contribution in [0.4, 0.5) is 13.2 Å². The van der Waals surface area contributed by atoms with Gasteiger partial charge in [-0.3, -0.25) is 19.6 Å². The minimum atomic E-state index is -4.92. The Morgan fingerprint density at radius 3 is 2.29 bits per heavy atom. The van der Waals surface area contributed by atoms with Crippen LogP contribution in [0.5, 0.6) is 0 Å². The number of amides is 1. The van der Waals surface area contributed by atoms with Crippen LogP contribution in [0.15, 0.2) is 17.4 Å². The normalized spacial score (nSPS) is 28.3.